The Labute approximate surface area is 86.4 Å². The number of nitrogen functional groups attached to an aromatic ring is 1. The van der Waals surface area contributed by atoms with E-state index in [2.05, 4.69) is 10.9 Å². The van der Waals surface area contributed by atoms with Gasteiger partial charge in [-0.05, 0) is 30.2 Å². The van der Waals surface area contributed by atoms with E-state index in [0.717, 1.165) is 16.3 Å². The molecule has 0 aliphatic rings. The normalized spacial score (nSPS) is 9.64. The number of hydrogen-bond donors (Lipinski definition) is 1. The number of benzene rings is 1. The molecule has 2 N–H and O–H groups in total. The van der Waals surface area contributed by atoms with Crippen LogP contribution in [0.15, 0.2) is 29.6 Å². The predicted molar refractivity (Wildman–Crippen MR) is 59.9 cm³/mol. The van der Waals surface area contributed by atoms with Crippen molar-refractivity contribution in [3.8, 4) is 22.9 Å². The number of anilines is 1. The highest BCUT2D eigenvalue weighted by molar-refractivity contribution is 7.13. The number of thiazole rings is 1. The van der Waals surface area contributed by atoms with Crippen LogP contribution in [0, 0.1) is 12.3 Å². The Kier molecular flexibility index (Phi) is 2.21. The second kappa shape index (κ2) is 3.52. The average Bonchev–Trinajstić information content (AvgIpc) is 2.67. The lowest BCUT2D eigenvalue weighted by Gasteiger charge is -1.95. The number of rotatable bonds is 1. The van der Waals surface area contributed by atoms with Crippen LogP contribution in [0.4, 0.5) is 5.69 Å². The zero-order valence-corrected chi connectivity index (χ0v) is 8.21. The SMILES string of the molecule is C#Cc1csc(-c2ccc(N)cc2)n1. The van der Waals surface area contributed by atoms with Gasteiger partial charge in [-0.3, -0.25) is 0 Å². The van der Waals surface area contributed by atoms with E-state index in [-0.39, 0.29) is 0 Å². The van der Waals surface area contributed by atoms with Crippen molar-refractivity contribution in [3.63, 3.8) is 0 Å². The third kappa shape index (κ3) is 1.61. The van der Waals surface area contributed by atoms with Crippen molar-refractivity contribution in [2.75, 3.05) is 5.73 Å². The van der Waals surface area contributed by atoms with Crippen LogP contribution in [0.1, 0.15) is 5.69 Å². The highest BCUT2D eigenvalue weighted by Gasteiger charge is 2.02. The first-order chi connectivity index (χ1) is 6.79. The lowest BCUT2D eigenvalue weighted by Crippen LogP contribution is -1.83. The Hall–Kier alpha value is -1.79. The molecule has 0 atom stereocenters. The summed E-state index contributed by atoms with van der Waals surface area (Å²) in [5.41, 5.74) is 8.07. The van der Waals surface area contributed by atoms with Gasteiger partial charge in [-0.2, -0.15) is 0 Å². The molecule has 2 nitrogen and oxygen atoms in total. The van der Waals surface area contributed by atoms with Gasteiger partial charge < -0.3 is 5.73 Å². The standard InChI is InChI=1S/C11H8N2S/c1-2-10-7-14-11(13-10)8-3-5-9(12)6-4-8/h1,3-7H,12H2. The molecule has 0 unspecified atom stereocenters. The molecule has 1 aromatic carbocycles. The lowest BCUT2D eigenvalue weighted by atomic mass is 10.2. The Bertz CT molecular complexity index is 477. The Morgan fingerprint density at radius 3 is 2.57 bits per heavy atom. The molecule has 0 saturated carbocycles. The zero-order chi connectivity index (χ0) is 9.97. The molecule has 0 radical (unpaired) electrons. The first-order valence-electron chi connectivity index (χ1n) is 4.07. The molecule has 1 heterocycles. The first kappa shape index (κ1) is 8.79. The summed E-state index contributed by atoms with van der Waals surface area (Å²) in [5, 5.41) is 2.80. The number of terminal acetylenes is 1. The van der Waals surface area contributed by atoms with Gasteiger partial charge in [0, 0.05) is 16.6 Å². The second-order valence-corrected chi connectivity index (χ2v) is 3.66. The minimum absolute atomic E-state index is 0.682. The number of aromatic nitrogens is 1. The summed E-state index contributed by atoms with van der Waals surface area (Å²) in [7, 11) is 0. The van der Waals surface area contributed by atoms with Crippen LogP contribution in [0.2, 0.25) is 0 Å². The largest absolute Gasteiger partial charge is 0.399 e. The van der Waals surface area contributed by atoms with Crippen molar-refractivity contribution in [1.82, 2.24) is 4.98 Å². The predicted octanol–water partition coefficient (Wildman–Crippen LogP) is 2.37. The molecule has 68 valence electrons. The van der Waals surface area contributed by atoms with Crippen LogP contribution < -0.4 is 5.73 Å². The van der Waals surface area contributed by atoms with E-state index in [0.29, 0.717) is 5.69 Å². The van der Waals surface area contributed by atoms with E-state index in [1.54, 1.807) is 0 Å². The van der Waals surface area contributed by atoms with Crippen molar-refractivity contribution >= 4 is 17.0 Å². The third-order valence-corrected chi connectivity index (χ3v) is 2.70. The van der Waals surface area contributed by atoms with E-state index in [9.17, 15) is 0 Å². The minimum Gasteiger partial charge on any atom is -0.399 e. The quantitative estimate of drug-likeness (QED) is 0.567. The Morgan fingerprint density at radius 1 is 1.29 bits per heavy atom. The maximum Gasteiger partial charge on any atom is 0.124 e. The fourth-order valence-corrected chi connectivity index (χ4v) is 1.87. The van der Waals surface area contributed by atoms with Crippen molar-refractivity contribution in [2.45, 2.75) is 0 Å². The fourth-order valence-electron chi connectivity index (χ4n) is 1.10. The van der Waals surface area contributed by atoms with Crippen LogP contribution in [-0.4, -0.2) is 4.98 Å². The smallest absolute Gasteiger partial charge is 0.124 e. The molecule has 14 heavy (non-hydrogen) atoms. The monoisotopic (exact) mass is 200 g/mol. The van der Waals surface area contributed by atoms with Gasteiger partial charge >= 0.3 is 0 Å². The Balaban J connectivity index is 2.40. The maximum absolute atomic E-state index is 5.59. The number of nitrogens with two attached hydrogens (primary N) is 1. The number of hydrogen-bond acceptors (Lipinski definition) is 3. The van der Waals surface area contributed by atoms with Gasteiger partial charge in [-0.25, -0.2) is 4.98 Å². The summed E-state index contributed by atoms with van der Waals surface area (Å²) in [4.78, 5) is 4.27. The van der Waals surface area contributed by atoms with Gasteiger partial charge in [0.25, 0.3) is 0 Å². The Morgan fingerprint density at radius 2 is 2.00 bits per heavy atom. The van der Waals surface area contributed by atoms with Crippen molar-refractivity contribution in [1.29, 1.82) is 0 Å². The fraction of sp³-hybridized carbons (Fsp3) is 0. The molecule has 2 aromatic rings. The number of nitrogens with zero attached hydrogens (tertiary/aromatic N) is 1. The van der Waals surface area contributed by atoms with Gasteiger partial charge in [0.2, 0.25) is 0 Å². The van der Waals surface area contributed by atoms with Crippen LogP contribution in [0.25, 0.3) is 10.6 Å². The van der Waals surface area contributed by atoms with E-state index in [4.69, 9.17) is 12.2 Å². The lowest BCUT2D eigenvalue weighted by molar-refractivity contribution is 1.37. The molecule has 0 spiro atoms. The van der Waals surface area contributed by atoms with E-state index >= 15 is 0 Å². The summed E-state index contributed by atoms with van der Waals surface area (Å²) >= 11 is 1.54. The summed E-state index contributed by atoms with van der Waals surface area (Å²) < 4.78 is 0. The maximum atomic E-state index is 5.59. The second-order valence-electron chi connectivity index (χ2n) is 2.80. The van der Waals surface area contributed by atoms with Gasteiger partial charge in [-0.1, -0.05) is 0 Å². The molecule has 3 heteroatoms. The summed E-state index contributed by atoms with van der Waals surface area (Å²) in [6.45, 7) is 0. The highest BCUT2D eigenvalue weighted by atomic mass is 32.1. The molecule has 1 aromatic heterocycles. The molecular weight excluding hydrogens is 192 g/mol. The summed E-state index contributed by atoms with van der Waals surface area (Å²) in [6, 6.07) is 7.58. The van der Waals surface area contributed by atoms with Crippen LogP contribution in [-0.2, 0) is 0 Å². The van der Waals surface area contributed by atoms with Crippen molar-refractivity contribution in [2.24, 2.45) is 0 Å². The average molecular weight is 200 g/mol. The molecule has 0 aliphatic heterocycles. The molecule has 2 rings (SSSR count). The molecule has 0 amide bonds. The van der Waals surface area contributed by atoms with Crippen LogP contribution in [0.5, 0.6) is 0 Å². The van der Waals surface area contributed by atoms with Gasteiger partial charge in [0.05, 0.1) is 0 Å². The van der Waals surface area contributed by atoms with Gasteiger partial charge in [0.15, 0.2) is 0 Å². The molecule has 0 bridgehead atoms. The molecule has 0 aliphatic carbocycles. The molecule has 0 saturated heterocycles. The highest BCUT2D eigenvalue weighted by Crippen LogP contribution is 2.23. The third-order valence-electron chi connectivity index (χ3n) is 1.81. The van der Waals surface area contributed by atoms with Crippen molar-refractivity contribution in [3.05, 3.63) is 35.3 Å². The topological polar surface area (TPSA) is 38.9 Å². The zero-order valence-electron chi connectivity index (χ0n) is 7.40. The van der Waals surface area contributed by atoms with E-state index < -0.39 is 0 Å². The molecular formula is C11H8N2S. The summed E-state index contributed by atoms with van der Waals surface area (Å²) in [6.07, 6.45) is 5.24. The van der Waals surface area contributed by atoms with Crippen LogP contribution >= 0.6 is 11.3 Å². The first-order valence-corrected chi connectivity index (χ1v) is 4.95. The van der Waals surface area contributed by atoms with Gasteiger partial charge in [0.1, 0.15) is 10.7 Å². The van der Waals surface area contributed by atoms with E-state index in [1.807, 2.05) is 29.6 Å². The molecule has 0 fully saturated rings. The minimum atomic E-state index is 0.682. The van der Waals surface area contributed by atoms with E-state index in [1.165, 1.54) is 11.3 Å². The van der Waals surface area contributed by atoms with Crippen molar-refractivity contribution < 1.29 is 0 Å². The summed E-state index contributed by atoms with van der Waals surface area (Å²) in [5.74, 6) is 2.50. The van der Waals surface area contributed by atoms with Gasteiger partial charge in [-0.15, -0.1) is 17.8 Å². The van der Waals surface area contributed by atoms with Crippen LogP contribution in [0.3, 0.4) is 0 Å².